The number of nitrogens with one attached hydrogen (secondary N) is 2. The molecule has 0 fully saturated rings. The number of hydrogen-bond acceptors (Lipinski definition) is 3. The molecule has 3 aromatic rings. The molecule has 0 aliphatic carbocycles. The Morgan fingerprint density at radius 2 is 1.96 bits per heavy atom. The van der Waals surface area contributed by atoms with Gasteiger partial charge in [-0.05, 0) is 24.3 Å². The standard InChI is InChI=1S/C17H13FN2O3/c1-23-14-8-3-2-7-13(14)20-17(22)11-9-19-15-10(16(11)21)5-4-6-12(15)18/h2-9H,1H3,(H,19,21)(H,20,22). The maximum Gasteiger partial charge on any atom is 0.261 e. The fourth-order valence-corrected chi connectivity index (χ4v) is 2.32. The minimum absolute atomic E-state index is 0.0753. The SMILES string of the molecule is COc1ccccc1NC(=O)c1c[nH]c2c(F)cccc2c1=O. The first kappa shape index (κ1) is 14.8. The summed E-state index contributed by atoms with van der Waals surface area (Å²) in [5, 5.41) is 2.74. The Bertz CT molecular complexity index is 950. The van der Waals surface area contributed by atoms with Gasteiger partial charge in [0.2, 0.25) is 5.43 Å². The number of aromatic nitrogens is 1. The molecule has 1 heterocycles. The predicted molar refractivity (Wildman–Crippen MR) is 85.5 cm³/mol. The number of ether oxygens (including phenoxy) is 1. The first-order valence-corrected chi connectivity index (χ1v) is 6.86. The number of aromatic amines is 1. The van der Waals surface area contributed by atoms with Crippen LogP contribution in [0.25, 0.3) is 10.9 Å². The number of fused-ring (bicyclic) bond motifs is 1. The Morgan fingerprint density at radius 1 is 1.17 bits per heavy atom. The van der Waals surface area contributed by atoms with Crippen LogP contribution in [-0.2, 0) is 0 Å². The van der Waals surface area contributed by atoms with Crippen molar-refractivity contribution in [3.63, 3.8) is 0 Å². The lowest BCUT2D eigenvalue weighted by Crippen LogP contribution is -2.22. The summed E-state index contributed by atoms with van der Waals surface area (Å²) < 4.78 is 18.8. The Morgan fingerprint density at radius 3 is 2.74 bits per heavy atom. The maximum absolute atomic E-state index is 13.7. The van der Waals surface area contributed by atoms with Crippen molar-refractivity contribution in [2.24, 2.45) is 0 Å². The zero-order valence-corrected chi connectivity index (χ0v) is 12.2. The predicted octanol–water partition coefficient (Wildman–Crippen LogP) is 2.93. The topological polar surface area (TPSA) is 71.2 Å². The van der Waals surface area contributed by atoms with Crippen molar-refractivity contribution in [2.45, 2.75) is 0 Å². The van der Waals surface area contributed by atoms with Gasteiger partial charge < -0.3 is 15.0 Å². The lowest BCUT2D eigenvalue weighted by atomic mass is 10.1. The Balaban J connectivity index is 2.02. The van der Waals surface area contributed by atoms with E-state index < -0.39 is 17.2 Å². The third-order valence-electron chi connectivity index (χ3n) is 3.46. The summed E-state index contributed by atoms with van der Waals surface area (Å²) in [6.45, 7) is 0. The molecule has 116 valence electrons. The summed E-state index contributed by atoms with van der Waals surface area (Å²) in [6, 6.07) is 11.0. The molecular formula is C17H13FN2O3. The molecule has 0 radical (unpaired) electrons. The van der Waals surface area contributed by atoms with Crippen molar-refractivity contribution >= 4 is 22.5 Å². The minimum atomic E-state index is -0.595. The third-order valence-corrected chi connectivity index (χ3v) is 3.46. The van der Waals surface area contributed by atoms with Crippen molar-refractivity contribution in [1.82, 2.24) is 4.98 Å². The molecule has 1 amide bonds. The third kappa shape index (κ3) is 2.66. The monoisotopic (exact) mass is 312 g/mol. The highest BCUT2D eigenvalue weighted by Gasteiger charge is 2.15. The summed E-state index contributed by atoms with van der Waals surface area (Å²) in [5.41, 5.74) is -0.121. The zero-order chi connectivity index (χ0) is 16.4. The molecular weight excluding hydrogens is 299 g/mol. The fourth-order valence-electron chi connectivity index (χ4n) is 2.32. The number of carbonyl (C=O) groups is 1. The van der Waals surface area contributed by atoms with E-state index in [1.165, 1.54) is 31.5 Å². The number of benzene rings is 2. The van der Waals surface area contributed by atoms with Crippen LogP contribution in [0.5, 0.6) is 5.75 Å². The van der Waals surface area contributed by atoms with Crippen LogP contribution in [0.1, 0.15) is 10.4 Å². The molecule has 0 atom stereocenters. The van der Waals surface area contributed by atoms with Gasteiger partial charge in [0, 0.05) is 11.6 Å². The van der Waals surface area contributed by atoms with Crippen molar-refractivity contribution < 1.29 is 13.9 Å². The zero-order valence-electron chi connectivity index (χ0n) is 12.2. The summed E-state index contributed by atoms with van der Waals surface area (Å²) in [5.74, 6) is -0.665. The second-order valence-electron chi connectivity index (χ2n) is 4.85. The molecule has 0 unspecified atom stereocenters. The van der Waals surface area contributed by atoms with Gasteiger partial charge in [-0.3, -0.25) is 9.59 Å². The molecule has 0 aliphatic heterocycles. The molecule has 0 bridgehead atoms. The van der Waals surface area contributed by atoms with Crippen LogP contribution in [0.2, 0.25) is 0 Å². The lowest BCUT2D eigenvalue weighted by Gasteiger charge is -2.10. The van der Waals surface area contributed by atoms with E-state index in [2.05, 4.69) is 10.3 Å². The molecule has 2 N–H and O–H groups in total. The molecule has 6 heteroatoms. The van der Waals surface area contributed by atoms with E-state index in [1.807, 2.05) is 0 Å². The van der Waals surface area contributed by atoms with E-state index in [1.54, 1.807) is 24.3 Å². The second-order valence-corrected chi connectivity index (χ2v) is 4.85. The van der Waals surface area contributed by atoms with Crippen LogP contribution in [0.3, 0.4) is 0 Å². The van der Waals surface area contributed by atoms with Crippen molar-refractivity contribution in [2.75, 3.05) is 12.4 Å². The highest BCUT2D eigenvalue weighted by Crippen LogP contribution is 2.23. The first-order chi connectivity index (χ1) is 11.1. The van der Waals surface area contributed by atoms with Crippen molar-refractivity contribution in [1.29, 1.82) is 0 Å². The number of hydrogen-bond donors (Lipinski definition) is 2. The number of H-pyrrole nitrogens is 1. The van der Waals surface area contributed by atoms with Crippen molar-refractivity contribution in [3.8, 4) is 5.75 Å². The summed E-state index contributed by atoms with van der Waals surface area (Å²) in [6.07, 6.45) is 1.21. The summed E-state index contributed by atoms with van der Waals surface area (Å²) in [7, 11) is 1.48. The quantitative estimate of drug-likeness (QED) is 0.781. The summed E-state index contributed by atoms with van der Waals surface area (Å²) in [4.78, 5) is 27.4. The van der Waals surface area contributed by atoms with Gasteiger partial charge in [0.1, 0.15) is 17.1 Å². The van der Waals surface area contributed by atoms with E-state index in [9.17, 15) is 14.0 Å². The van der Waals surface area contributed by atoms with E-state index in [-0.39, 0.29) is 16.5 Å². The number of halogens is 1. The second kappa shape index (κ2) is 5.92. The van der Waals surface area contributed by atoms with E-state index in [0.717, 1.165) is 0 Å². The maximum atomic E-state index is 13.7. The highest BCUT2D eigenvalue weighted by molar-refractivity contribution is 6.06. The number of pyridine rings is 1. The van der Waals surface area contributed by atoms with Gasteiger partial charge in [0.05, 0.1) is 18.3 Å². The van der Waals surface area contributed by atoms with Gasteiger partial charge in [0.15, 0.2) is 0 Å². The molecule has 0 aliphatic rings. The molecule has 0 saturated heterocycles. The average Bonchev–Trinajstić information content (AvgIpc) is 2.56. The Hall–Kier alpha value is -3.15. The van der Waals surface area contributed by atoms with Crippen LogP contribution in [0.15, 0.2) is 53.5 Å². The van der Waals surface area contributed by atoms with Crippen LogP contribution >= 0.6 is 0 Å². The Kier molecular flexibility index (Phi) is 3.80. The number of para-hydroxylation sites is 3. The number of anilines is 1. The normalized spacial score (nSPS) is 10.5. The smallest absolute Gasteiger partial charge is 0.261 e. The highest BCUT2D eigenvalue weighted by atomic mass is 19.1. The number of amides is 1. The number of methoxy groups -OCH3 is 1. The first-order valence-electron chi connectivity index (χ1n) is 6.86. The van der Waals surface area contributed by atoms with Gasteiger partial charge in [0.25, 0.3) is 5.91 Å². The van der Waals surface area contributed by atoms with E-state index in [0.29, 0.717) is 11.4 Å². The molecule has 23 heavy (non-hydrogen) atoms. The van der Waals surface area contributed by atoms with Crippen LogP contribution < -0.4 is 15.5 Å². The van der Waals surface area contributed by atoms with Crippen LogP contribution in [0, 0.1) is 5.82 Å². The van der Waals surface area contributed by atoms with Gasteiger partial charge in [-0.25, -0.2) is 4.39 Å². The molecule has 1 aromatic heterocycles. The Labute approximate surface area is 130 Å². The lowest BCUT2D eigenvalue weighted by molar-refractivity contribution is 0.102. The van der Waals surface area contributed by atoms with E-state index in [4.69, 9.17) is 4.74 Å². The van der Waals surface area contributed by atoms with Crippen LogP contribution in [-0.4, -0.2) is 18.0 Å². The fraction of sp³-hybridized carbons (Fsp3) is 0.0588. The van der Waals surface area contributed by atoms with Crippen LogP contribution in [0.4, 0.5) is 10.1 Å². The molecule has 0 spiro atoms. The molecule has 3 rings (SSSR count). The summed E-state index contributed by atoms with van der Waals surface area (Å²) >= 11 is 0. The van der Waals surface area contributed by atoms with Gasteiger partial charge in [-0.15, -0.1) is 0 Å². The van der Waals surface area contributed by atoms with Gasteiger partial charge >= 0.3 is 0 Å². The molecule has 2 aromatic carbocycles. The van der Waals surface area contributed by atoms with Crippen molar-refractivity contribution in [3.05, 3.63) is 70.3 Å². The number of rotatable bonds is 3. The number of carbonyl (C=O) groups excluding carboxylic acids is 1. The minimum Gasteiger partial charge on any atom is -0.495 e. The van der Waals surface area contributed by atoms with Gasteiger partial charge in [-0.1, -0.05) is 18.2 Å². The van der Waals surface area contributed by atoms with E-state index >= 15 is 0 Å². The molecule has 0 saturated carbocycles. The largest absolute Gasteiger partial charge is 0.495 e. The molecule has 5 nitrogen and oxygen atoms in total. The van der Waals surface area contributed by atoms with Gasteiger partial charge in [-0.2, -0.15) is 0 Å². The average molecular weight is 312 g/mol.